The molecule has 1 N–H and O–H groups in total. The number of thioether (sulfide) groups is 1. The second-order valence-electron chi connectivity index (χ2n) is 5.66. The molecule has 0 spiro atoms. The molecule has 0 radical (unpaired) electrons. The predicted octanol–water partition coefficient (Wildman–Crippen LogP) is 2.39. The SMILES string of the molecule is COC(=O)C1(NC2CC2)CCC(Sc2ccncc2)C1. The van der Waals surface area contributed by atoms with Gasteiger partial charge in [-0.1, -0.05) is 0 Å². The predicted molar refractivity (Wildman–Crippen MR) is 78.6 cm³/mol. The third-order valence-corrected chi connectivity index (χ3v) is 5.34. The summed E-state index contributed by atoms with van der Waals surface area (Å²) in [5.41, 5.74) is -0.458. The number of hydrogen-bond acceptors (Lipinski definition) is 5. The smallest absolute Gasteiger partial charge is 0.326 e. The Labute approximate surface area is 123 Å². The van der Waals surface area contributed by atoms with Crippen molar-refractivity contribution in [3.63, 3.8) is 0 Å². The molecule has 2 unspecified atom stereocenters. The molecule has 0 aromatic carbocycles. The Kier molecular flexibility index (Phi) is 3.98. The van der Waals surface area contributed by atoms with Crippen LogP contribution in [0.2, 0.25) is 0 Å². The van der Waals surface area contributed by atoms with Crippen LogP contribution in [0.3, 0.4) is 0 Å². The number of pyridine rings is 1. The number of hydrogen-bond donors (Lipinski definition) is 1. The van der Waals surface area contributed by atoms with Crippen molar-refractivity contribution in [3.05, 3.63) is 24.5 Å². The zero-order valence-corrected chi connectivity index (χ0v) is 12.5. The van der Waals surface area contributed by atoms with Crippen molar-refractivity contribution in [3.8, 4) is 0 Å². The van der Waals surface area contributed by atoms with Gasteiger partial charge in [-0.3, -0.25) is 15.1 Å². The van der Waals surface area contributed by atoms with Crippen LogP contribution in [-0.4, -0.2) is 34.9 Å². The number of nitrogens with one attached hydrogen (secondary N) is 1. The Morgan fingerprint density at radius 1 is 1.40 bits per heavy atom. The lowest BCUT2D eigenvalue weighted by Gasteiger charge is -2.27. The second kappa shape index (κ2) is 5.74. The van der Waals surface area contributed by atoms with Gasteiger partial charge in [0.1, 0.15) is 5.54 Å². The van der Waals surface area contributed by atoms with Crippen LogP contribution in [0, 0.1) is 0 Å². The van der Waals surface area contributed by atoms with E-state index in [9.17, 15) is 4.79 Å². The average Bonchev–Trinajstić information content (AvgIpc) is 3.19. The highest BCUT2D eigenvalue weighted by Crippen LogP contribution is 2.42. The van der Waals surface area contributed by atoms with Crippen LogP contribution in [0.5, 0.6) is 0 Å². The Morgan fingerprint density at radius 2 is 2.15 bits per heavy atom. The Bertz CT molecular complexity index is 478. The van der Waals surface area contributed by atoms with Crippen LogP contribution in [0.25, 0.3) is 0 Å². The van der Waals surface area contributed by atoms with E-state index < -0.39 is 5.54 Å². The topological polar surface area (TPSA) is 51.2 Å². The maximum Gasteiger partial charge on any atom is 0.326 e. The van der Waals surface area contributed by atoms with Gasteiger partial charge < -0.3 is 4.74 Å². The molecule has 2 atom stereocenters. The zero-order valence-electron chi connectivity index (χ0n) is 11.7. The van der Waals surface area contributed by atoms with Gasteiger partial charge >= 0.3 is 5.97 Å². The summed E-state index contributed by atoms with van der Waals surface area (Å²) in [5, 5.41) is 3.99. The van der Waals surface area contributed by atoms with E-state index in [0.717, 1.165) is 19.3 Å². The number of carbonyl (C=O) groups is 1. The molecule has 0 amide bonds. The molecule has 3 rings (SSSR count). The van der Waals surface area contributed by atoms with Crippen LogP contribution in [0.1, 0.15) is 32.1 Å². The quantitative estimate of drug-likeness (QED) is 0.845. The van der Waals surface area contributed by atoms with Crippen LogP contribution in [0.15, 0.2) is 29.4 Å². The number of ether oxygens (including phenoxy) is 1. The fourth-order valence-corrected chi connectivity index (χ4v) is 4.17. The van der Waals surface area contributed by atoms with E-state index >= 15 is 0 Å². The molecular weight excluding hydrogens is 272 g/mol. The fourth-order valence-electron chi connectivity index (χ4n) is 2.90. The van der Waals surface area contributed by atoms with Gasteiger partial charge in [0.25, 0.3) is 0 Å². The normalized spacial score (nSPS) is 29.4. The first-order chi connectivity index (χ1) is 9.72. The van der Waals surface area contributed by atoms with Crippen LogP contribution in [0.4, 0.5) is 0 Å². The van der Waals surface area contributed by atoms with Crippen LogP contribution in [-0.2, 0) is 9.53 Å². The zero-order chi connectivity index (χ0) is 14.0. The highest BCUT2D eigenvalue weighted by atomic mass is 32.2. The first-order valence-corrected chi connectivity index (χ1v) is 8.03. The van der Waals surface area contributed by atoms with E-state index in [1.807, 2.05) is 36.3 Å². The average molecular weight is 292 g/mol. The Balaban J connectivity index is 1.67. The van der Waals surface area contributed by atoms with E-state index in [1.165, 1.54) is 24.8 Å². The summed E-state index contributed by atoms with van der Waals surface area (Å²) >= 11 is 1.84. The van der Waals surface area contributed by atoms with Crippen molar-refractivity contribution < 1.29 is 9.53 Å². The molecule has 1 aromatic heterocycles. The molecule has 1 heterocycles. The molecule has 2 fully saturated rings. The molecule has 0 bridgehead atoms. The summed E-state index contributed by atoms with van der Waals surface area (Å²) in [6, 6.07) is 4.56. The first kappa shape index (κ1) is 13.9. The third-order valence-electron chi connectivity index (χ3n) is 4.06. The number of esters is 1. The van der Waals surface area contributed by atoms with Crippen molar-refractivity contribution in [1.29, 1.82) is 0 Å². The van der Waals surface area contributed by atoms with Crippen molar-refractivity contribution >= 4 is 17.7 Å². The summed E-state index contributed by atoms with van der Waals surface area (Å²) in [7, 11) is 1.49. The van der Waals surface area contributed by atoms with E-state index in [4.69, 9.17) is 4.74 Å². The van der Waals surface area contributed by atoms with Gasteiger partial charge in [-0.05, 0) is 44.2 Å². The number of methoxy groups -OCH3 is 1. The molecule has 0 saturated heterocycles. The fraction of sp³-hybridized carbons (Fsp3) is 0.600. The third kappa shape index (κ3) is 2.99. The number of carbonyl (C=O) groups excluding carboxylic acids is 1. The highest BCUT2D eigenvalue weighted by Gasteiger charge is 2.48. The number of aromatic nitrogens is 1. The molecular formula is C15H20N2O2S. The molecule has 2 saturated carbocycles. The summed E-state index contributed by atoms with van der Waals surface area (Å²) in [4.78, 5) is 17.5. The minimum absolute atomic E-state index is 0.0952. The minimum atomic E-state index is -0.458. The maximum atomic E-state index is 12.2. The minimum Gasteiger partial charge on any atom is -0.468 e. The van der Waals surface area contributed by atoms with Gasteiger partial charge in [0.05, 0.1) is 7.11 Å². The van der Waals surface area contributed by atoms with E-state index in [0.29, 0.717) is 11.3 Å². The van der Waals surface area contributed by atoms with Gasteiger partial charge in [0.2, 0.25) is 0 Å². The lowest BCUT2D eigenvalue weighted by atomic mass is 9.97. The van der Waals surface area contributed by atoms with Crippen molar-refractivity contribution in [2.24, 2.45) is 0 Å². The van der Waals surface area contributed by atoms with Crippen molar-refractivity contribution in [2.45, 2.75) is 53.8 Å². The molecule has 108 valence electrons. The van der Waals surface area contributed by atoms with Crippen molar-refractivity contribution in [1.82, 2.24) is 10.3 Å². The largest absolute Gasteiger partial charge is 0.468 e. The molecule has 4 nitrogen and oxygen atoms in total. The van der Waals surface area contributed by atoms with Gasteiger partial charge in [0.15, 0.2) is 0 Å². The lowest BCUT2D eigenvalue weighted by molar-refractivity contribution is -0.148. The number of nitrogens with zero attached hydrogens (tertiary/aromatic N) is 1. The molecule has 0 aliphatic heterocycles. The molecule has 2 aliphatic carbocycles. The summed E-state index contributed by atoms with van der Waals surface area (Å²) in [6.07, 6.45) is 8.76. The summed E-state index contributed by atoms with van der Waals surface area (Å²) in [5.74, 6) is -0.0952. The van der Waals surface area contributed by atoms with Crippen LogP contribution < -0.4 is 5.32 Å². The number of rotatable bonds is 5. The van der Waals surface area contributed by atoms with E-state index in [1.54, 1.807) is 0 Å². The van der Waals surface area contributed by atoms with Gasteiger partial charge in [-0.25, -0.2) is 0 Å². The first-order valence-electron chi connectivity index (χ1n) is 7.15. The van der Waals surface area contributed by atoms with Crippen LogP contribution >= 0.6 is 11.8 Å². The van der Waals surface area contributed by atoms with Gasteiger partial charge in [0, 0.05) is 28.6 Å². The molecule has 1 aromatic rings. The molecule has 20 heavy (non-hydrogen) atoms. The summed E-state index contributed by atoms with van der Waals surface area (Å²) < 4.78 is 5.04. The monoisotopic (exact) mass is 292 g/mol. The second-order valence-corrected chi connectivity index (χ2v) is 7.03. The Morgan fingerprint density at radius 3 is 2.80 bits per heavy atom. The summed E-state index contributed by atoms with van der Waals surface area (Å²) in [6.45, 7) is 0. The van der Waals surface area contributed by atoms with Gasteiger partial charge in [-0.2, -0.15) is 0 Å². The van der Waals surface area contributed by atoms with Gasteiger partial charge in [-0.15, -0.1) is 11.8 Å². The van der Waals surface area contributed by atoms with E-state index in [-0.39, 0.29) is 5.97 Å². The maximum absolute atomic E-state index is 12.2. The van der Waals surface area contributed by atoms with Crippen molar-refractivity contribution in [2.75, 3.05) is 7.11 Å². The highest BCUT2D eigenvalue weighted by molar-refractivity contribution is 8.00. The molecule has 2 aliphatic rings. The lowest BCUT2D eigenvalue weighted by Crippen LogP contribution is -2.52. The van der Waals surface area contributed by atoms with E-state index in [2.05, 4.69) is 10.3 Å². The standard InChI is InChI=1S/C15H20N2O2S/c1-19-14(18)15(17-11-2-3-11)7-4-13(10-15)20-12-5-8-16-9-6-12/h5-6,8-9,11,13,17H,2-4,7,10H2,1H3. The Hall–Kier alpha value is -1.07. The molecule has 5 heteroatoms.